The second-order valence-electron chi connectivity index (χ2n) is 9.55. The molecule has 188 valence electrons. The number of methoxy groups -OCH3 is 1. The Hall–Kier alpha value is -2.61. The van der Waals surface area contributed by atoms with Crippen LogP contribution in [0.3, 0.4) is 0 Å². The molecule has 1 spiro atoms. The van der Waals surface area contributed by atoms with Gasteiger partial charge in [0.05, 0.1) is 18.9 Å². The molecule has 0 bridgehead atoms. The molecule has 0 aromatic heterocycles. The summed E-state index contributed by atoms with van der Waals surface area (Å²) in [6.07, 6.45) is 4.80. The highest BCUT2D eigenvalue weighted by Gasteiger charge is 2.42. The Morgan fingerprint density at radius 1 is 1.15 bits per heavy atom. The van der Waals surface area contributed by atoms with Crippen LogP contribution in [-0.4, -0.2) is 68.6 Å². The van der Waals surface area contributed by atoms with Crippen molar-refractivity contribution in [3.05, 3.63) is 29.3 Å². The summed E-state index contributed by atoms with van der Waals surface area (Å²) in [6, 6.07) is 5.21. The molecule has 2 aliphatic rings. The van der Waals surface area contributed by atoms with Gasteiger partial charge < -0.3 is 25.0 Å². The number of amides is 3. The van der Waals surface area contributed by atoms with Gasteiger partial charge in [0.25, 0.3) is 0 Å². The number of hydrogen-bond acceptors (Lipinski definition) is 5. The predicted molar refractivity (Wildman–Crippen MR) is 130 cm³/mol. The minimum absolute atomic E-state index is 0.0712. The number of rotatable bonds is 3. The van der Waals surface area contributed by atoms with Gasteiger partial charge in [0.1, 0.15) is 11.8 Å². The average Bonchev–Trinajstić information content (AvgIpc) is 2.82. The quantitative estimate of drug-likeness (QED) is 0.703. The van der Waals surface area contributed by atoms with Crippen LogP contribution in [0.4, 0.5) is 0 Å². The fourth-order valence-corrected chi connectivity index (χ4v) is 4.84. The van der Waals surface area contributed by atoms with Crippen LogP contribution in [0.15, 0.2) is 18.2 Å². The van der Waals surface area contributed by atoms with E-state index in [1.807, 2.05) is 30.0 Å². The van der Waals surface area contributed by atoms with Gasteiger partial charge in [0, 0.05) is 32.8 Å². The highest BCUT2D eigenvalue weighted by Crippen LogP contribution is 2.37. The van der Waals surface area contributed by atoms with Gasteiger partial charge in [-0.1, -0.05) is 18.6 Å². The minimum atomic E-state index is -0.591. The van der Waals surface area contributed by atoms with Crippen LogP contribution in [0.25, 0.3) is 0 Å². The van der Waals surface area contributed by atoms with Crippen LogP contribution in [0, 0.1) is 12.3 Å². The molecular formula is C26H39N3O5. The molecule has 8 nitrogen and oxygen atoms in total. The summed E-state index contributed by atoms with van der Waals surface area (Å²) in [6.45, 7) is 6.59. The molecule has 8 heteroatoms. The van der Waals surface area contributed by atoms with E-state index in [-0.39, 0.29) is 17.7 Å². The maximum absolute atomic E-state index is 13.3. The van der Waals surface area contributed by atoms with Gasteiger partial charge in [-0.05, 0) is 63.1 Å². The summed E-state index contributed by atoms with van der Waals surface area (Å²) in [5.41, 5.74) is 1.40. The third-order valence-corrected chi connectivity index (χ3v) is 7.07. The fourth-order valence-electron chi connectivity index (χ4n) is 4.84. The normalized spacial score (nSPS) is 22.4. The number of ether oxygens (including phenoxy) is 2. The molecule has 2 N–H and O–H groups in total. The van der Waals surface area contributed by atoms with Crippen molar-refractivity contribution in [2.45, 2.75) is 64.8 Å². The molecule has 0 aliphatic carbocycles. The Bertz CT molecular complexity index is 864. The van der Waals surface area contributed by atoms with Crippen molar-refractivity contribution >= 4 is 17.7 Å². The van der Waals surface area contributed by atoms with E-state index in [0.29, 0.717) is 52.1 Å². The van der Waals surface area contributed by atoms with Crippen molar-refractivity contribution in [1.29, 1.82) is 0 Å². The van der Waals surface area contributed by atoms with E-state index >= 15 is 0 Å². The topological polar surface area (TPSA) is 97.0 Å². The van der Waals surface area contributed by atoms with Crippen LogP contribution < -0.4 is 15.4 Å². The number of hydrogen-bond donors (Lipinski definition) is 2. The summed E-state index contributed by atoms with van der Waals surface area (Å²) >= 11 is 0. The van der Waals surface area contributed by atoms with Gasteiger partial charge in [-0.3, -0.25) is 14.4 Å². The molecule has 1 aromatic rings. The summed E-state index contributed by atoms with van der Waals surface area (Å²) in [4.78, 5) is 40.5. The molecule has 34 heavy (non-hydrogen) atoms. The third-order valence-electron chi connectivity index (χ3n) is 7.07. The monoisotopic (exact) mass is 473 g/mol. The largest absolute Gasteiger partial charge is 0.496 e. The first-order chi connectivity index (χ1) is 16.3. The molecule has 2 heterocycles. The van der Waals surface area contributed by atoms with Crippen LogP contribution >= 0.6 is 0 Å². The van der Waals surface area contributed by atoms with Crippen molar-refractivity contribution < 1.29 is 23.9 Å². The average molecular weight is 474 g/mol. The molecule has 1 aromatic carbocycles. The van der Waals surface area contributed by atoms with Gasteiger partial charge >= 0.3 is 0 Å². The lowest BCUT2D eigenvalue weighted by molar-refractivity contribution is -0.142. The Morgan fingerprint density at radius 2 is 1.88 bits per heavy atom. The van der Waals surface area contributed by atoms with Crippen molar-refractivity contribution in [3.63, 3.8) is 0 Å². The van der Waals surface area contributed by atoms with Gasteiger partial charge in [-0.2, -0.15) is 0 Å². The first kappa shape index (κ1) is 26.0. The molecule has 0 radical (unpaired) electrons. The van der Waals surface area contributed by atoms with Crippen LogP contribution in [0.1, 0.15) is 56.6 Å². The van der Waals surface area contributed by atoms with Gasteiger partial charge in [0.15, 0.2) is 0 Å². The summed E-state index contributed by atoms with van der Waals surface area (Å²) < 4.78 is 11.0. The van der Waals surface area contributed by atoms with Gasteiger partial charge in [-0.25, -0.2) is 0 Å². The standard InChI is InChI=1S/C26H39N3O5/c1-19-17-21(7-8-22(19)33-3)18-23(30)29-13-10-26(11-14-29)9-4-5-15-34-16-6-12-27-24(31)20(2)28-25(26)32/h7-8,17,20H,4-6,9-16,18H2,1-3H3,(H,27,31)(H,28,32)/t20-/m0/s1. The van der Waals surface area contributed by atoms with E-state index < -0.39 is 11.5 Å². The number of nitrogens with one attached hydrogen (secondary N) is 2. The molecular weight excluding hydrogens is 434 g/mol. The Labute approximate surface area is 202 Å². The zero-order chi connectivity index (χ0) is 24.6. The molecule has 2 saturated heterocycles. The van der Waals surface area contributed by atoms with E-state index in [9.17, 15) is 14.4 Å². The molecule has 2 aliphatic heterocycles. The molecule has 3 rings (SSSR count). The Balaban J connectivity index is 1.63. The highest BCUT2D eigenvalue weighted by atomic mass is 16.5. The second-order valence-corrected chi connectivity index (χ2v) is 9.55. The maximum atomic E-state index is 13.3. The number of likely N-dealkylation sites (tertiary alicyclic amines) is 1. The van der Waals surface area contributed by atoms with Crippen molar-refractivity contribution in [2.75, 3.05) is 40.0 Å². The third kappa shape index (κ3) is 6.72. The SMILES string of the molecule is COc1ccc(CC(=O)N2CCC3(CCCCOCCCNC(=O)[C@H](C)NC3=O)CC2)cc1C. The van der Waals surface area contributed by atoms with Gasteiger partial charge in [0.2, 0.25) is 17.7 Å². The number of aryl methyl sites for hydroxylation is 1. The Morgan fingerprint density at radius 3 is 2.59 bits per heavy atom. The molecule has 0 saturated carbocycles. The Kier molecular flexibility index (Phi) is 9.33. The van der Waals surface area contributed by atoms with Crippen LogP contribution in [0.5, 0.6) is 5.75 Å². The van der Waals surface area contributed by atoms with E-state index in [0.717, 1.165) is 42.6 Å². The van der Waals surface area contributed by atoms with Crippen molar-refractivity contribution in [2.24, 2.45) is 5.41 Å². The second kappa shape index (κ2) is 12.2. The lowest BCUT2D eigenvalue weighted by Crippen LogP contribution is -2.54. The fraction of sp³-hybridized carbons (Fsp3) is 0.654. The van der Waals surface area contributed by atoms with E-state index in [2.05, 4.69) is 10.6 Å². The molecule has 1 atom stereocenters. The van der Waals surface area contributed by atoms with Crippen molar-refractivity contribution in [3.8, 4) is 5.75 Å². The van der Waals surface area contributed by atoms with Crippen LogP contribution in [0.2, 0.25) is 0 Å². The van der Waals surface area contributed by atoms with E-state index in [1.54, 1.807) is 14.0 Å². The van der Waals surface area contributed by atoms with E-state index in [1.165, 1.54) is 0 Å². The molecule has 0 unspecified atom stereocenters. The van der Waals surface area contributed by atoms with Crippen LogP contribution in [-0.2, 0) is 25.5 Å². The summed E-state index contributed by atoms with van der Waals surface area (Å²) in [5, 5.41) is 5.81. The lowest BCUT2D eigenvalue weighted by atomic mass is 9.73. The highest BCUT2D eigenvalue weighted by molar-refractivity contribution is 5.90. The predicted octanol–water partition coefficient (Wildman–Crippen LogP) is 2.37. The smallest absolute Gasteiger partial charge is 0.242 e. The number of piperidine rings is 1. The van der Waals surface area contributed by atoms with E-state index in [4.69, 9.17) is 9.47 Å². The van der Waals surface area contributed by atoms with Gasteiger partial charge in [-0.15, -0.1) is 0 Å². The number of carbonyl (C=O) groups excluding carboxylic acids is 3. The molecule has 2 fully saturated rings. The number of nitrogens with zero attached hydrogens (tertiary/aromatic N) is 1. The lowest BCUT2D eigenvalue weighted by Gasteiger charge is -2.41. The minimum Gasteiger partial charge on any atom is -0.496 e. The zero-order valence-electron chi connectivity index (χ0n) is 20.8. The zero-order valence-corrected chi connectivity index (χ0v) is 20.8. The summed E-state index contributed by atoms with van der Waals surface area (Å²) in [7, 11) is 1.64. The number of carbonyl (C=O) groups is 3. The van der Waals surface area contributed by atoms with Crippen molar-refractivity contribution in [1.82, 2.24) is 15.5 Å². The number of benzene rings is 1. The maximum Gasteiger partial charge on any atom is 0.242 e. The first-order valence-electron chi connectivity index (χ1n) is 12.4. The first-order valence-corrected chi connectivity index (χ1v) is 12.4. The molecule has 3 amide bonds. The summed E-state index contributed by atoms with van der Waals surface area (Å²) in [5.74, 6) is 0.625.